The van der Waals surface area contributed by atoms with E-state index in [1.165, 1.54) is 12.4 Å². The van der Waals surface area contributed by atoms with Gasteiger partial charge in [-0.3, -0.25) is 9.89 Å². The van der Waals surface area contributed by atoms with E-state index in [2.05, 4.69) is 15.5 Å². The maximum absolute atomic E-state index is 11.3. The Morgan fingerprint density at radius 2 is 2.57 bits per heavy atom. The van der Waals surface area contributed by atoms with Crippen molar-refractivity contribution in [1.29, 1.82) is 0 Å². The SMILES string of the molecule is CCC(O)CCNC(=O)c1cn[nH]c1. The third-order valence-corrected chi connectivity index (χ3v) is 1.99. The fourth-order valence-corrected chi connectivity index (χ4v) is 1.03. The molecule has 5 nitrogen and oxygen atoms in total. The first-order valence-corrected chi connectivity index (χ1v) is 4.69. The van der Waals surface area contributed by atoms with Crippen molar-refractivity contribution in [2.45, 2.75) is 25.9 Å². The van der Waals surface area contributed by atoms with Crippen LogP contribution >= 0.6 is 0 Å². The van der Waals surface area contributed by atoms with E-state index >= 15 is 0 Å². The topological polar surface area (TPSA) is 78.0 Å². The summed E-state index contributed by atoms with van der Waals surface area (Å²) >= 11 is 0. The average Bonchev–Trinajstić information content (AvgIpc) is 2.70. The predicted octanol–water partition coefficient (Wildman–Crippen LogP) is 0.300. The molecule has 78 valence electrons. The molecule has 0 aliphatic carbocycles. The minimum absolute atomic E-state index is 0.165. The molecule has 0 saturated carbocycles. The number of hydrogen-bond acceptors (Lipinski definition) is 3. The lowest BCUT2D eigenvalue weighted by Gasteiger charge is -2.07. The van der Waals surface area contributed by atoms with Gasteiger partial charge in [-0.25, -0.2) is 0 Å². The molecule has 1 amide bonds. The van der Waals surface area contributed by atoms with E-state index in [1.807, 2.05) is 6.92 Å². The van der Waals surface area contributed by atoms with Gasteiger partial charge in [-0.1, -0.05) is 6.92 Å². The number of carbonyl (C=O) groups is 1. The minimum atomic E-state index is -0.334. The molecule has 0 spiro atoms. The number of amides is 1. The van der Waals surface area contributed by atoms with E-state index in [0.29, 0.717) is 24.9 Å². The van der Waals surface area contributed by atoms with Gasteiger partial charge < -0.3 is 10.4 Å². The first-order valence-electron chi connectivity index (χ1n) is 4.69. The van der Waals surface area contributed by atoms with Gasteiger partial charge in [-0.2, -0.15) is 5.10 Å². The molecule has 0 fully saturated rings. The van der Waals surface area contributed by atoms with Crippen LogP contribution in [0.2, 0.25) is 0 Å². The first kappa shape index (κ1) is 10.7. The second-order valence-electron chi connectivity index (χ2n) is 3.09. The molecule has 0 saturated heterocycles. The van der Waals surface area contributed by atoms with Crippen LogP contribution in [-0.4, -0.2) is 33.9 Å². The molecule has 1 unspecified atom stereocenters. The molecule has 3 N–H and O–H groups in total. The van der Waals surface area contributed by atoms with Gasteiger partial charge >= 0.3 is 0 Å². The summed E-state index contributed by atoms with van der Waals surface area (Å²) in [5.41, 5.74) is 0.510. The molecule has 0 bridgehead atoms. The van der Waals surface area contributed by atoms with Crippen molar-refractivity contribution in [3.8, 4) is 0 Å². The number of carbonyl (C=O) groups excluding carboxylic acids is 1. The normalized spacial score (nSPS) is 12.4. The Kier molecular flexibility index (Phi) is 4.12. The van der Waals surface area contributed by atoms with E-state index in [4.69, 9.17) is 0 Å². The highest BCUT2D eigenvalue weighted by molar-refractivity contribution is 5.93. The Hall–Kier alpha value is -1.36. The highest BCUT2D eigenvalue weighted by atomic mass is 16.3. The molecule has 1 aromatic rings. The fourth-order valence-electron chi connectivity index (χ4n) is 1.03. The van der Waals surface area contributed by atoms with Crippen molar-refractivity contribution < 1.29 is 9.90 Å². The van der Waals surface area contributed by atoms with Crippen LogP contribution in [0.4, 0.5) is 0 Å². The Morgan fingerprint density at radius 3 is 3.14 bits per heavy atom. The van der Waals surface area contributed by atoms with E-state index in [9.17, 15) is 9.90 Å². The molecule has 1 aromatic heterocycles. The summed E-state index contributed by atoms with van der Waals surface area (Å²) in [5.74, 6) is -0.165. The largest absolute Gasteiger partial charge is 0.393 e. The summed E-state index contributed by atoms with van der Waals surface area (Å²) in [6.07, 6.45) is 3.96. The lowest BCUT2D eigenvalue weighted by molar-refractivity contribution is 0.0942. The average molecular weight is 197 g/mol. The Labute approximate surface area is 82.5 Å². The molecule has 5 heteroatoms. The molecular weight excluding hydrogens is 182 g/mol. The molecular formula is C9H15N3O2. The summed E-state index contributed by atoms with van der Waals surface area (Å²) in [6, 6.07) is 0. The van der Waals surface area contributed by atoms with Gasteiger partial charge in [-0.15, -0.1) is 0 Å². The van der Waals surface area contributed by atoms with Gasteiger partial charge in [-0.05, 0) is 12.8 Å². The Bertz CT molecular complexity index is 272. The summed E-state index contributed by atoms with van der Waals surface area (Å²) in [5, 5.41) is 18.2. The molecule has 0 aliphatic heterocycles. The number of nitrogens with one attached hydrogen (secondary N) is 2. The molecule has 1 atom stereocenters. The van der Waals surface area contributed by atoms with Crippen molar-refractivity contribution in [3.63, 3.8) is 0 Å². The number of rotatable bonds is 5. The van der Waals surface area contributed by atoms with Crippen molar-refractivity contribution >= 4 is 5.91 Å². The quantitative estimate of drug-likeness (QED) is 0.635. The molecule has 1 heterocycles. The standard InChI is InChI=1S/C9H15N3O2/c1-2-8(13)3-4-10-9(14)7-5-11-12-6-7/h5-6,8,13H,2-4H2,1H3,(H,10,14)(H,11,12). The number of aliphatic hydroxyl groups is 1. The number of aromatic amines is 1. The van der Waals surface area contributed by atoms with Crippen LogP contribution in [0.5, 0.6) is 0 Å². The van der Waals surface area contributed by atoms with Gasteiger partial charge in [0, 0.05) is 12.7 Å². The highest BCUT2D eigenvalue weighted by Crippen LogP contribution is 1.96. The predicted molar refractivity (Wildman–Crippen MR) is 51.8 cm³/mol. The van der Waals surface area contributed by atoms with Crippen LogP contribution in [0.1, 0.15) is 30.1 Å². The molecule has 14 heavy (non-hydrogen) atoms. The van der Waals surface area contributed by atoms with Gasteiger partial charge in [0.05, 0.1) is 17.9 Å². The number of aliphatic hydroxyl groups excluding tert-OH is 1. The van der Waals surface area contributed by atoms with Gasteiger partial charge in [0.1, 0.15) is 0 Å². The maximum Gasteiger partial charge on any atom is 0.254 e. The lowest BCUT2D eigenvalue weighted by atomic mass is 10.2. The third-order valence-electron chi connectivity index (χ3n) is 1.99. The number of hydrogen-bond donors (Lipinski definition) is 3. The lowest BCUT2D eigenvalue weighted by Crippen LogP contribution is -2.26. The second-order valence-corrected chi connectivity index (χ2v) is 3.09. The van der Waals surface area contributed by atoms with Crippen molar-refractivity contribution in [2.75, 3.05) is 6.54 Å². The first-order chi connectivity index (χ1) is 6.74. The monoisotopic (exact) mass is 197 g/mol. The molecule has 1 rings (SSSR count). The summed E-state index contributed by atoms with van der Waals surface area (Å²) in [4.78, 5) is 11.3. The van der Waals surface area contributed by atoms with Crippen molar-refractivity contribution in [3.05, 3.63) is 18.0 Å². The van der Waals surface area contributed by atoms with Crippen LogP contribution in [0.15, 0.2) is 12.4 Å². The van der Waals surface area contributed by atoms with E-state index in [0.717, 1.165) is 0 Å². The van der Waals surface area contributed by atoms with E-state index in [-0.39, 0.29) is 12.0 Å². The van der Waals surface area contributed by atoms with Crippen LogP contribution in [0.25, 0.3) is 0 Å². The maximum atomic E-state index is 11.3. The summed E-state index contributed by atoms with van der Waals surface area (Å²) in [7, 11) is 0. The van der Waals surface area contributed by atoms with Crippen LogP contribution in [0.3, 0.4) is 0 Å². The van der Waals surface area contributed by atoms with Gasteiger partial charge in [0.2, 0.25) is 0 Å². The Balaban J connectivity index is 2.23. The summed E-state index contributed by atoms with van der Waals surface area (Å²) in [6.45, 7) is 2.39. The smallest absolute Gasteiger partial charge is 0.254 e. The number of nitrogens with zero attached hydrogens (tertiary/aromatic N) is 1. The van der Waals surface area contributed by atoms with Gasteiger partial charge in [0.25, 0.3) is 5.91 Å². The highest BCUT2D eigenvalue weighted by Gasteiger charge is 2.06. The zero-order chi connectivity index (χ0) is 10.4. The van der Waals surface area contributed by atoms with Gasteiger partial charge in [0.15, 0.2) is 0 Å². The Morgan fingerprint density at radius 1 is 1.79 bits per heavy atom. The number of H-pyrrole nitrogens is 1. The van der Waals surface area contributed by atoms with Crippen molar-refractivity contribution in [1.82, 2.24) is 15.5 Å². The van der Waals surface area contributed by atoms with E-state index in [1.54, 1.807) is 0 Å². The fraction of sp³-hybridized carbons (Fsp3) is 0.556. The van der Waals surface area contributed by atoms with E-state index < -0.39 is 0 Å². The second kappa shape index (κ2) is 5.39. The third kappa shape index (κ3) is 3.18. The minimum Gasteiger partial charge on any atom is -0.393 e. The zero-order valence-electron chi connectivity index (χ0n) is 8.16. The van der Waals surface area contributed by atoms with Crippen LogP contribution < -0.4 is 5.32 Å². The molecule has 0 aromatic carbocycles. The zero-order valence-corrected chi connectivity index (χ0v) is 8.16. The van der Waals surface area contributed by atoms with Crippen LogP contribution in [0, 0.1) is 0 Å². The molecule has 0 radical (unpaired) electrons. The van der Waals surface area contributed by atoms with Crippen molar-refractivity contribution in [2.24, 2.45) is 0 Å². The summed E-state index contributed by atoms with van der Waals surface area (Å²) < 4.78 is 0. The number of aromatic nitrogens is 2. The van der Waals surface area contributed by atoms with Crippen LogP contribution in [-0.2, 0) is 0 Å². The molecule has 0 aliphatic rings.